The fourth-order valence-electron chi connectivity index (χ4n) is 2.06. The van der Waals surface area contributed by atoms with Gasteiger partial charge >= 0.3 is 0 Å². The summed E-state index contributed by atoms with van der Waals surface area (Å²) >= 11 is 12.4. The average molecular weight is 295 g/mol. The Bertz CT molecular complexity index is 549. The highest BCUT2D eigenvalue weighted by Crippen LogP contribution is 2.30. The quantitative estimate of drug-likeness (QED) is 0.706. The molecular weight excluding hydrogens is 279 g/mol. The Kier molecular flexibility index (Phi) is 4.73. The van der Waals surface area contributed by atoms with E-state index in [-0.39, 0.29) is 5.38 Å². The number of hydrogen-bond donors (Lipinski definition) is 0. The molecule has 1 unspecified atom stereocenters. The molecule has 0 aromatic heterocycles. The van der Waals surface area contributed by atoms with Gasteiger partial charge in [-0.15, -0.1) is 11.6 Å². The van der Waals surface area contributed by atoms with Crippen molar-refractivity contribution in [1.82, 2.24) is 0 Å². The first kappa shape index (κ1) is 14.2. The third-order valence-corrected chi connectivity index (χ3v) is 3.78. The van der Waals surface area contributed by atoms with Crippen LogP contribution < -0.4 is 4.74 Å². The molecule has 0 N–H and O–H groups in total. The van der Waals surface area contributed by atoms with Crippen molar-refractivity contribution in [1.29, 1.82) is 0 Å². The summed E-state index contributed by atoms with van der Waals surface area (Å²) in [6, 6.07) is 13.8. The van der Waals surface area contributed by atoms with E-state index in [1.165, 1.54) is 5.56 Å². The Morgan fingerprint density at radius 3 is 2.37 bits per heavy atom. The van der Waals surface area contributed by atoms with Gasteiger partial charge < -0.3 is 4.74 Å². The zero-order chi connectivity index (χ0) is 13.8. The van der Waals surface area contributed by atoms with E-state index in [1.807, 2.05) is 42.5 Å². The maximum atomic E-state index is 6.51. The van der Waals surface area contributed by atoms with Crippen molar-refractivity contribution in [2.75, 3.05) is 7.11 Å². The largest absolute Gasteiger partial charge is 0.497 e. The van der Waals surface area contributed by atoms with Gasteiger partial charge in [-0.05, 0) is 54.3 Å². The van der Waals surface area contributed by atoms with Gasteiger partial charge in [-0.1, -0.05) is 29.8 Å². The fourth-order valence-corrected chi connectivity index (χ4v) is 2.61. The maximum absolute atomic E-state index is 6.51. The number of hydrogen-bond acceptors (Lipinski definition) is 1. The summed E-state index contributed by atoms with van der Waals surface area (Å²) in [5, 5.41) is 0.697. The third kappa shape index (κ3) is 3.65. The molecule has 0 heterocycles. The number of alkyl halides is 1. The van der Waals surface area contributed by atoms with Gasteiger partial charge in [0.2, 0.25) is 0 Å². The molecule has 0 aliphatic heterocycles. The first-order chi connectivity index (χ1) is 9.10. The summed E-state index contributed by atoms with van der Waals surface area (Å²) in [5.41, 5.74) is 3.46. The number of ether oxygens (including phenoxy) is 1. The van der Waals surface area contributed by atoms with Gasteiger partial charge in [0.15, 0.2) is 0 Å². The predicted octanol–water partition coefficient (Wildman–Crippen LogP) is 5.18. The molecule has 100 valence electrons. The van der Waals surface area contributed by atoms with E-state index in [1.54, 1.807) is 7.11 Å². The second-order valence-corrected chi connectivity index (χ2v) is 5.48. The maximum Gasteiger partial charge on any atom is 0.119 e. The lowest BCUT2D eigenvalue weighted by atomic mass is 10.00. The van der Waals surface area contributed by atoms with Crippen molar-refractivity contribution in [3.63, 3.8) is 0 Å². The minimum absolute atomic E-state index is 0.0490. The van der Waals surface area contributed by atoms with Crippen LogP contribution in [0.1, 0.15) is 22.1 Å². The van der Waals surface area contributed by atoms with Gasteiger partial charge in [0.25, 0.3) is 0 Å². The molecule has 0 amide bonds. The first-order valence-electron chi connectivity index (χ1n) is 6.13. The molecule has 2 aromatic rings. The fraction of sp³-hybridized carbons (Fsp3) is 0.250. The zero-order valence-electron chi connectivity index (χ0n) is 11.0. The lowest BCUT2D eigenvalue weighted by Crippen LogP contribution is -1.99. The molecule has 0 saturated heterocycles. The summed E-state index contributed by atoms with van der Waals surface area (Å²) in [6.45, 7) is 2.05. The third-order valence-electron chi connectivity index (χ3n) is 3.14. The number of methoxy groups -OCH3 is 1. The number of aryl methyl sites for hydroxylation is 1. The molecule has 0 saturated carbocycles. The van der Waals surface area contributed by atoms with Crippen LogP contribution in [0.3, 0.4) is 0 Å². The second kappa shape index (κ2) is 6.31. The molecule has 2 aromatic carbocycles. The van der Waals surface area contributed by atoms with Crippen LogP contribution in [0.25, 0.3) is 0 Å². The number of benzene rings is 2. The average Bonchev–Trinajstić information content (AvgIpc) is 2.41. The Hall–Kier alpha value is -1.18. The van der Waals surface area contributed by atoms with Crippen LogP contribution >= 0.6 is 23.2 Å². The molecule has 1 nitrogen and oxygen atoms in total. The van der Waals surface area contributed by atoms with Crippen molar-refractivity contribution in [2.24, 2.45) is 0 Å². The van der Waals surface area contributed by atoms with Gasteiger partial charge in [-0.3, -0.25) is 0 Å². The lowest BCUT2D eigenvalue weighted by molar-refractivity contribution is 0.414. The van der Waals surface area contributed by atoms with Crippen molar-refractivity contribution in [3.05, 3.63) is 64.2 Å². The molecule has 0 spiro atoms. The van der Waals surface area contributed by atoms with Crippen molar-refractivity contribution in [3.8, 4) is 5.75 Å². The van der Waals surface area contributed by atoms with Gasteiger partial charge in [-0.25, -0.2) is 0 Å². The molecule has 19 heavy (non-hydrogen) atoms. The highest BCUT2D eigenvalue weighted by Gasteiger charge is 2.12. The zero-order valence-corrected chi connectivity index (χ0v) is 12.5. The van der Waals surface area contributed by atoms with E-state index < -0.39 is 0 Å². The standard InChI is InChI=1S/C16H16Cl2O/c1-11-9-14(19-2)7-8-15(11)16(18)10-12-3-5-13(17)6-4-12/h3-9,16H,10H2,1-2H3. The van der Waals surface area contributed by atoms with Crippen molar-refractivity contribution < 1.29 is 4.74 Å². The van der Waals surface area contributed by atoms with Gasteiger partial charge in [-0.2, -0.15) is 0 Å². The van der Waals surface area contributed by atoms with E-state index in [9.17, 15) is 0 Å². The SMILES string of the molecule is COc1ccc(C(Cl)Cc2ccc(Cl)cc2)c(C)c1. The van der Waals surface area contributed by atoms with E-state index in [2.05, 4.69) is 6.92 Å². The molecule has 1 atom stereocenters. The van der Waals surface area contributed by atoms with E-state index >= 15 is 0 Å². The van der Waals surface area contributed by atoms with E-state index in [4.69, 9.17) is 27.9 Å². The van der Waals surface area contributed by atoms with Crippen LogP contribution in [0, 0.1) is 6.92 Å². The van der Waals surface area contributed by atoms with Crippen molar-refractivity contribution >= 4 is 23.2 Å². The monoisotopic (exact) mass is 294 g/mol. The molecule has 3 heteroatoms. The number of halogens is 2. The minimum Gasteiger partial charge on any atom is -0.497 e. The normalized spacial score (nSPS) is 12.2. The summed E-state index contributed by atoms with van der Waals surface area (Å²) in [4.78, 5) is 0. The van der Waals surface area contributed by atoms with Crippen LogP contribution in [-0.2, 0) is 6.42 Å². The number of rotatable bonds is 4. The molecule has 2 rings (SSSR count). The van der Waals surface area contributed by atoms with Crippen LogP contribution in [0.5, 0.6) is 5.75 Å². The van der Waals surface area contributed by atoms with Crippen LogP contribution in [0.2, 0.25) is 5.02 Å². The van der Waals surface area contributed by atoms with Gasteiger partial charge in [0.1, 0.15) is 5.75 Å². The van der Waals surface area contributed by atoms with Gasteiger partial charge in [0.05, 0.1) is 12.5 Å². The predicted molar refractivity (Wildman–Crippen MR) is 81.5 cm³/mol. The van der Waals surface area contributed by atoms with Gasteiger partial charge in [0, 0.05) is 5.02 Å². The summed E-state index contributed by atoms with van der Waals surface area (Å²) in [7, 11) is 1.67. The first-order valence-corrected chi connectivity index (χ1v) is 6.94. The van der Waals surface area contributed by atoms with Crippen LogP contribution in [0.15, 0.2) is 42.5 Å². The molecule has 0 fully saturated rings. The lowest BCUT2D eigenvalue weighted by Gasteiger charge is -2.14. The summed E-state index contributed by atoms with van der Waals surface area (Å²) in [5.74, 6) is 0.858. The highest BCUT2D eigenvalue weighted by molar-refractivity contribution is 6.30. The molecule has 0 radical (unpaired) electrons. The molecule has 0 bridgehead atoms. The minimum atomic E-state index is -0.0490. The smallest absolute Gasteiger partial charge is 0.119 e. The van der Waals surface area contributed by atoms with E-state index in [0.29, 0.717) is 0 Å². The highest BCUT2D eigenvalue weighted by atomic mass is 35.5. The van der Waals surface area contributed by atoms with Crippen LogP contribution in [0.4, 0.5) is 0 Å². The molecule has 0 aliphatic rings. The topological polar surface area (TPSA) is 9.23 Å². The van der Waals surface area contributed by atoms with Crippen LogP contribution in [-0.4, -0.2) is 7.11 Å². The van der Waals surface area contributed by atoms with Crippen molar-refractivity contribution in [2.45, 2.75) is 18.7 Å². The Balaban J connectivity index is 2.15. The summed E-state index contributed by atoms with van der Waals surface area (Å²) < 4.78 is 5.20. The summed E-state index contributed by atoms with van der Waals surface area (Å²) in [6.07, 6.45) is 0.784. The Morgan fingerprint density at radius 1 is 1.11 bits per heavy atom. The second-order valence-electron chi connectivity index (χ2n) is 4.52. The molecular formula is C16H16Cl2O. The van der Waals surface area contributed by atoms with E-state index in [0.717, 1.165) is 28.3 Å². The Morgan fingerprint density at radius 2 is 1.79 bits per heavy atom. The Labute approximate surface area is 124 Å². The molecule has 0 aliphatic carbocycles.